The molecule has 1 aromatic carbocycles. The normalized spacial score (nSPS) is 10.1. The fourth-order valence-electron chi connectivity index (χ4n) is 1.41. The standard InChI is InChI=1S/C12H10FN3O3S/c1-6-5-14-12(20-6)16-11(19)15-9-3-2-7(10(17)18)4-8(9)13/h2-5H,1H3,(H,17,18)(H2,14,15,16,19). The second kappa shape index (κ2) is 5.66. The Balaban J connectivity index is 2.06. The molecule has 0 radical (unpaired) electrons. The predicted octanol–water partition coefficient (Wildman–Crippen LogP) is 2.93. The number of benzene rings is 1. The molecule has 0 unspecified atom stereocenters. The van der Waals surface area contributed by atoms with Crippen LogP contribution >= 0.6 is 11.3 Å². The number of halogens is 1. The molecule has 3 N–H and O–H groups in total. The third-order valence-corrected chi connectivity index (χ3v) is 3.13. The number of amides is 2. The third-order valence-electron chi connectivity index (χ3n) is 2.31. The zero-order valence-corrected chi connectivity index (χ0v) is 11.1. The number of carboxylic acid groups (broad SMARTS) is 1. The SMILES string of the molecule is Cc1cnc(NC(=O)Nc2ccc(C(=O)O)cc2F)s1. The minimum atomic E-state index is -1.24. The number of anilines is 2. The minimum absolute atomic E-state index is 0.110. The lowest BCUT2D eigenvalue weighted by Crippen LogP contribution is -2.20. The first-order valence-corrected chi connectivity index (χ1v) is 6.30. The highest BCUT2D eigenvalue weighted by molar-refractivity contribution is 7.15. The molecule has 0 aliphatic carbocycles. The molecular formula is C12H10FN3O3S. The van der Waals surface area contributed by atoms with Gasteiger partial charge in [0.2, 0.25) is 0 Å². The van der Waals surface area contributed by atoms with Crippen molar-refractivity contribution >= 4 is 34.2 Å². The molecule has 0 spiro atoms. The van der Waals surface area contributed by atoms with Crippen LogP contribution in [0.5, 0.6) is 0 Å². The highest BCUT2D eigenvalue weighted by atomic mass is 32.1. The molecule has 2 amide bonds. The average molecular weight is 295 g/mol. The summed E-state index contributed by atoms with van der Waals surface area (Å²) in [6.45, 7) is 1.84. The van der Waals surface area contributed by atoms with Crippen LogP contribution in [0.15, 0.2) is 24.4 Å². The number of thiazole rings is 1. The highest BCUT2D eigenvalue weighted by Crippen LogP contribution is 2.19. The second-order valence-corrected chi connectivity index (χ2v) is 5.09. The Labute approximate surface area is 117 Å². The zero-order valence-electron chi connectivity index (χ0n) is 10.3. The maximum Gasteiger partial charge on any atom is 0.335 e. The monoisotopic (exact) mass is 295 g/mol. The number of carbonyl (C=O) groups is 2. The van der Waals surface area contributed by atoms with Crippen molar-refractivity contribution in [2.24, 2.45) is 0 Å². The Hall–Kier alpha value is -2.48. The molecule has 0 aliphatic heterocycles. The van der Waals surface area contributed by atoms with Crippen molar-refractivity contribution in [2.45, 2.75) is 6.92 Å². The fourth-order valence-corrected chi connectivity index (χ4v) is 2.07. The van der Waals surface area contributed by atoms with Gasteiger partial charge in [0.1, 0.15) is 5.82 Å². The number of hydrogen-bond acceptors (Lipinski definition) is 4. The van der Waals surface area contributed by atoms with Gasteiger partial charge in [0.25, 0.3) is 0 Å². The quantitative estimate of drug-likeness (QED) is 0.812. The van der Waals surface area contributed by atoms with E-state index >= 15 is 0 Å². The van der Waals surface area contributed by atoms with Crippen LogP contribution in [0.25, 0.3) is 0 Å². The van der Waals surface area contributed by atoms with Crippen LogP contribution in [0.1, 0.15) is 15.2 Å². The molecule has 2 rings (SSSR count). The third kappa shape index (κ3) is 3.29. The van der Waals surface area contributed by atoms with Crippen LogP contribution in [0.3, 0.4) is 0 Å². The minimum Gasteiger partial charge on any atom is -0.478 e. The number of nitrogens with one attached hydrogen (secondary N) is 2. The zero-order chi connectivity index (χ0) is 14.7. The lowest BCUT2D eigenvalue weighted by atomic mass is 10.2. The van der Waals surface area contributed by atoms with E-state index in [4.69, 9.17) is 5.11 Å². The Kier molecular flexibility index (Phi) is 3.94. The maximum absolute atomic E-state index is 13.6. The fraction of sp³-hybridized carbons (Fsp3) is 0.0833. The highest BCUT2D eigenvalue weighted by Gasteiger charge is 2.11. The smallest absolute Gasteiger partial charge is 0.335 e. The summed E-state index contributed by atoms with van der Waals surface area (Å²) < 4.78 is 13.6. The van der Waals surface area contributed by atoms with Crippen LogP contribution in [0.4, 0.5) is 20.0 Å². The van der Waals surface area contributed by atoms with Gasteiger partial charge in [-0.05, 0) is 25.1 Å². The number of carbonyl (C=O) groups excluding carboxylic acids is 1. The van der Waals surface area contributed by atoms with E-state index in [1.807, 2.05) is 6.92 Å². The van der Waals surface area contributed by atoms with Crippen LogP contribution in [-0.4, -0.2) is 22.1 Å². The van der Waals surface area contributed by atoms with E-state index in [1.165, 1.54) is 23.5 Å². The van der Waals surface area contributed by atoms with E-state index in [0.717, 1.165) is 10.9 Å². The number of urea groups is 1. The second-order valence-electron chi connectivity index (χ2n) is 3.85. The summed E-state index contributed by atoms with van der Waals surface area (Å²) in [5.74, 6) is -2.06. The van der Waals surface area contributed by atoms with Crippen molar-refractivity contribution in [3.63, 3.8) is 0 Å². The molecule has 20 heavy (non-hydrogen) atoms. The van der Waals surface area contributed by atoms with Gasteiger partial charge in [0.05, 0.1) is 11.3 Å². The molecule has 0 bridgehead atoms. The van der Waals surface area contributed by atoms with Crippen LogP contribution in [0.2, 0.25) is 0 Å². The van der Waals surface area contributed by atoms with Crippen molar-refractivity contribution in [3.05, 3.63) is 40.7 Å². The molecule has 1 heterocycles. The Morgan fingerprint density at radius 1 is 1.35 bits per heavy atom. The molecular weight excluding hydrogens is 285 g/mol. The van der Waals surface area contributed by atoms with E-state index in [0.29, 0.717) is 5.13 Å². The summed E-state index contributed by atoms with van der Waals surface area (Å²) in [6, 6.07) is 2.58. The van der Waals surface area contributed by atoms with Crippen molar-refractivity contribution in [1.29, 1.82) is 0 Å². The van der Waals surface area contributed by atoms with Gasteiger partial charge in [0, 0.05) is 11.1 Å². The molecule has 0 atom stereocenters. The first-order valence-electron chi connectivity index (χ1n) is 5.49. The van der Waals surface area contributed by atoms with E-state index in [-0.39, 0.29) is 11.3 Å². The molecule has 1 aromatic heterocycles. The maximum atomic E-state index is 13.6. The van der Waals surface area contributed by atoms with Crippen LogP contribution < -0.4 is 10.6 Å². The molecule has 2 aromatic rings. The number of hydrogen-bond donors (Lipinski definition) is 3. The molecule has 6 nitrogen and oxygen atoms in total. The average Bonchev–Trinajstić information content (AvgIpc) is 2.77. The number of aromatic carboxylic acids is 1. The van der Waals surface area contributed by atoms with Crippen LogP contribution in [-0.2, 0) is 0 Å². The van der Waals surface area contributed by atoms with Gasteiger partial charge < -0.3 is 10.4 Å². The topological polar surface area (TPSA) is 91.3 Å². The first-order chi connectivity index (χ1) is 9.45. The van der Waals surface area contributed by atoms with Gasteiger partial charge in [-0.25, -0.2) is 19.0 Å². The Bertz CT molecular complexity index is 672. The summed E-state index contributed by atoms with van der Waals surface area (Å²) in [5, 5.41) is 13.8. The van der Waals surface area contributed by atoms with E-state index in [1.54, 1.807) is 6.20 Å². The summed E-state index contributed by atoms with van der Waals surface area (Å²) >= 11 is 1.28. The van der Waals surface area contributed by atoms with E-state index in [9.17, 15) is 14.0 Å². The Morgan fingerprint density at radius 2 is 2.10 bits per heavy atom. The van der Waals surface area contributed by atoms with Gasteiger partial charge in [-0.15, -0.1) is 11.3 Å². The largest absolute Gasteiger partial charge is 0.478 e. The van der Waals surface area contributed by atoms with Crippen molar-refractivity contribution in [1.82, 2.24) is 4.98 Å². The molecule has 8 heteroatoms. The van der Waals surface area contributed by atoms with Gasteiger partial charge in [-0.3, -0.25) is 5.32 Å². The molecule has 0 aliphatic rings. The number of aromatic nitrogens is 1. The number of rotatable bonds is 3. The Morgan fingerprint density at radius 3 is 2.65 bits per heavy atom. The van der Waals surface area contributed by atoms with Gasteiger partial charge in [0.15, 0.2) is 5.13 Å². The van der Waals surface area contributed by atoms with Crippen molar-refractivity contribution in [2.75, 3.05) is 10.6 Å². The molecule has 104 valence electrons. The van der Waals surface area contributed by atoms with Crippen LogP contribution in [0, 0.1) is 12.7 Å². The van der Waals surface area contributed by atoms with Crippen molar-refractivity contribution in [3.8, 4) is 0 Å². The van der Waals surface area contributed by atoms with Gasteiger partial charge >= 0.3 is 12.0 Å². The summed E-state index contributed by atoms with van der Waals surface area (Å²) in [4.78, 5) is 27.1. The van der Waals surface area contributed by atoms with Gasteiger partial charge in [-0.1, -0.05) is 0 Å². The first kappa shape index (κ1) is 13.9. The van der Waals surface area contributed by atoms with Gasteiger partial charge in [-0.2, -0.15) is 0 Å². The number of carboxylic acids is 1. The lowest BCUT2D eigenvalue weighted by Gasteiger charge is -2.07. The molecule has 0 fully saturated rings. The lowest BCUT2D eigenvalue weighted by molar-refractivity contribution is 0.0696. The molecule has 0 saturated heterocycles. The number of nitrogens with zero attached hydrogens (tertiary/aromatic N) is 1. The van der Waals surface area contributed by atoms with E-state index < -0.39 is 17.8 Å². The summed E-state index contributed by atoms with van der Waals surface area (Å²) in [7, 11) is 0. The van der Waals surface area contributed by atoms with Crippen molar-refractivity contribution < 1.29 is 19.1 Å². The van der Waals surface area contributed by atoms with E-state index in [2.05, 4.69) is 15.6 Å². The summed E-state index contributed by atoms with van der Waals surface area (Å²) in [6.07, 6.45) is 1.60. The summed E-state index contributed by atoms with van der Waals surface area (Å²) in [5.41, 5.74) is -0.301. The number of aryl methyl sites for hydroxylation is 1. The molecule has 0 saturated carbocycles. The predicted molar refractivity (Wildman–Crippen MR) is 72.9 cm³/mol.